The summed E-state index contributed by atoms with van der Waals surface area (Å²) in [5.74, 6) is -3.78. The molecular formula is C48H62F2N8O12. The highest BCUT2D eigenvalue weighted by Crippen LogP contribution is 2.31. The van der Waals surface area contributed by atoms with Crippen LogP contribution in [0.2, 0.25) is 0 Å². The van der Waals surface area contributed by atoms with Gasteiger partial charge in [0.1, 0.15) is 46.6 Å². The lowest BCUT2D eigenvalue weighted by atomic mass is 10.1. The van der Waals surface area contributed by atoms with Crippen LogP contribution < -0.4 is 21.8 Å². The Labute approximate surface area is 403 Å². The molecule has 2 aromatic carbocycles. The van der Waals surface area contributed by atoms with Gasteiger partial charge < -0.3 is 39.8 Å². The maximum atomic E-state index is 13.2. The van der Waals surface area contributed by atoms with Crippen LogP contribution in [0.5, 0.6) is 11.5 Å². The minimum Gasteiger partial charge on any atom is -0.501 e. The van der Waals surface area contributed by atoms with Crippen molar-refractivity contribution in [2.45, 2.75) is 117 Å². The van der Waals surface area contributed by atoms with E-state index in [0.29, 0.717) is 24.0 Å². The van der Waals surface area contributed by atoms with Crippen LogP contribution in [0.4, 0.5) is 18.4 Å². The number of fused-ring (bicyclic) bond motifs is 2. The van der Waals surface area contributed by atoms with Crippen molar-refractivity contribution in [3.8, 4) is 11.5 Å². The molecule has 0 unspecified atom stereocenters. The number of likely N-dealkylation sites (N-methyl/N-ethyl adjacent to an activating group) is 2. The minimum absolute atomic E-state index is 0.0140. The molecule has 22 heteroatoms. The van der Waals surface area contributed by atoms with Crippen LogP contribution in [-0.4, -0.2) is 115 Å². The van der Waals surface area contributed by atoms with Crippen molar-refractivity contribution in [3.05, 3.63) is 115 Å². The first-order chi connectivity index (χ1) is 32.8. The molecule has 2 aliphatic heterocycles. The Morgan fingerprint density at radius 3 is 1.27 bits per heavy atom. The number of benzene rings is 2. The number of hydrogen-bond donors (Lipinski definition) is 4. The summed E-state index contributed by atoms with van der Waals surface area (Å²) in [6.45, 7) is 14.5. The fourth-order valence-electron chi connectivity index (χ4n) is 7.33. The highest BCUT2D eigenvalue weighted by molar-refractivity contribution is 5.95. The lowest BCUT2D eigenvalue weighted by Crippen LogP contribution is -2.41. The Balaban J connectivity index is 0.000000261. The third-order valence-corrected chi connectivity index (χ3v) is 11.1. The first-order valence-corrected chi connectivity index (χ1v) is 22.7. The van der Waals surface area contributed by atoms with Crippen molar-refractivity contribution < 1.29 is 57.1 Å². The zero-order valence-corrected chi connectivity index (χ0v) is 41.0. The standard InChI is InChI=1S/2C24H31FN4O6/c2*1-6-16-12-34-13-17(28(5)23(33)35-24(2,3)4)20-27-18(19(30)22(32)29(16)20)21(31)26-11-14-7-9-15(25)10-8-14/h2*7-10,16-17,30H,6,11-13H2,1-5H3,(H,26,31)/t16-,17+;16-,17-/m00/s1. The maximum absolute atomic E-state index is 13.2. The SMILES string of the molecule is CC[C@H]1COC[C@@H](N(C)C(=O)OC(C)(C)C)c2nc(C(=O)NCc3ccc(F)cc3)c(O)c(=O)n21.CC[C@H]1COC[C@H](N(C)C(=O)OC(C)(C)C)c2nc(C(=O)NCc3ccc(F)cc3)c(O)c(=O)n21. The molecule has 2 aromatic heterocycles. The Morgan fingerprint density at radius 1 is 0.643 bits per heavy atom. The molecule has 4 atom stereocenters. The number of ether oxygens (including phenoxy) is 4. The molecule has 0 saturated carbocycles. The van der Waals surface area contributed by atoms with E-state index in [4.69, 9.17) is 18.9 Å². The second kappa shape index (κ2) is 22.7. The monoisotopic (exact) mass is 980 g/mol. The molecule has 0 fully saturated rings. The van der Waals surface area contributed by atoms with Gasteiger partial charge >= 0.3 is 12.2 Å². The van der Waals surface area contributed by atoms with Crippen LogP contribution in [0.1, 0.15) is 136 Å². The number of nitrogens with zero attached hydrogens (tertiary/aromatic N) is 6. The third kappa shape index (κ3) is 13.2. The van der Waals surface area contributed by atoms with Crippen LogP contribution in [0.3, 0.4) is 0 Å². The quantitative estimate of drug-likeness (QED) is 0.146. The molecule has 0 saturated heterocycles. The van der Waals surface area contributed by atoms with Gasteiger partial charge in [-0.2, -0.15) is 0 Å². The summed E-state index contributed by atoms with van der Waals surface area (Å²) in [4.78, 5) is 88.9. The molecule has 4 heterocycles. The van der Waals surface area contributed by atoms with Crippen molar-refractivity contribution >= 4 is 24.0 Å². The Morgan fingerprint density at radius 2 is 0.971 bits per heavy atom. The first-order valence-electron chi connectivity index (χ1n) is 22.7. The van der Waals surface area contributed by atoms with E-state index in [0.717, 1.165) is 0 Å². The molecule has 4 N–H and O–H groups in total. The van der Waals surface area contributed by atoms with E-state index >= 15 is 0 Å². The van der Waals surface area contributed by atoms with Gasteiger partial charge in [-0.1, -0.05) is 38.1 Å². The first kappa shape index (κ1) is 54.0. The number of hydrogen-bond acceptors (Lipinski definition) is 14. The van der Waals surface area contributed by atoms with E-state index in [1.165, 1.54) is 81.6 Å². The molecule has 0 radical (unpaired) electrons. The average molecular weight is 981 g/mol. The molecule has 4 amide bonds. The maximum Gasteiger partial charge on any atom is 0.410 e. The largest absolute Gasteiger partial charge is 0.501 e. The fraction of sp³-hybridized carbons (Fsp3) is 0.500. The van der Waals surface area contributed by atoms with Crippen molar-refractivity contribution in [2.75, 3.05) is 40.5 Å². The molecule has 0 bridgehead atoms. The van der Waals surface area contributed by atoms with Gasteiger partial charge in [-0.05, 0) is 89.8 Å². The Bertz CT molecular complexity index is 2470. The van der Waals surface area contributed by atoms with Gasteiger partial charge in [-0.25, -0.2) is 28.3 Å². The second-order valence-electron chi connectivity index (χ2n) is 18.7. The van der Waals surface area contributed by atoms with Crippen LogP contribution in [0.25, 0.3) is 0 Å². The highest BCUT2D eigenvalue weighted by atomic mass is 19.1. The van der Waals surface area contributed by atoms with Crippen molar-refractivity contribution in [1.82, 2.24) is 39.5 Å². The summed E-state index contributed by atoms with van der Waals surface area (Å²) >= 11 is 0. The Hall–Kier alpha value is -6.94. The zero-order chi connectivity index (χ0) is 51.8. The van der Waals surface area contributed by atoms with E-state index < -0.39 is 105 Å². The summed E-state index contributed by atoms with van der Waals surface area (Å²) in [7, 11) is 2.98. The lowest BCUT2D eigenvalue weighted by molar-refractivity contribution is 0.00758. The van der Waals surface area contributed by atoms with Gasteiger partial charge in [0.05, 0.1) is 38.5 Å². The third-order valence-electron chi connectivity index (χ3n) is 11.1. The summed E-state index contributed by atoms with van der Waals surface area (Å²) in [6.07, 6.45) is -0.325. The number of carbonyl (C=O) groups is 4. The number of rotatable bonds is 10. The topological polar surface area (TPSA) is 246 Å². The second-order valence-corrected chi connectivity index (χ2v) is 18.7. The van der Waals surface area contributed by atoms with E-state index in [9.17, 15) is 47.8 Å². The van der Waals surface area contributed by atoms with E-state index in [2.05, 4.69) is 20.6 Å². The summed E-state index contributed by atoms with van der Waals surface area (Å²) < 4.78 is 51.2. The van der Waals surface area contributed by atoms with Crippen LogP contribution >= 0.6 is 0 Å². The fourth-order valence-corrected chi connectivity index (χ4v) is 7.33. The van der Waals surface area contributed by atoms with Crippen molar-refractivity contribution in [1.29, 1.82) is 0 Å². The minimum atomic E-state index is -0.849. The van der Waals surface area contributed by atoms with Crippen molar-refractivity contribution in [3.63, 3.8) is 0 Å². The number of nitrogens with one attached hydrogen (secondary N) is 2. The van der Waals surface area contributed by atoms with Gasteiger partial charge in [-0.15, -0.1) is 0 Å². The molecule has 70 heavy (non-hydrogen) atoms. The summed E-state index contributed by atoms with van der Waals surface area (Å²) in [6, 6.07) is 8.44. The van der Waals surface area contributed by atoms with Crippen LogP contribution in [-0.2, 0) is 32.0 Å². The van der Waals surface area contributed by atoms with Crippen molar-refractivity contribution in [2.24, 2.45) is 0 Å². The lowest BCUT2D eigenvalue weighted by Gasteiger charge is -2.30. The Kier molecular flexibility index (Phi) is 17.5. The van der Waals surface area contributed by atoms with Crippen LogP contribution in [0.15, 0.2) is 58.1 Å². The molecule has 380 valence electrons. The molecule has 6 rings (SSSR count). The number of amides is 4. The highest BCUT2D eigenvalue weighted by Gasteiger charge is 2.38. The normalized spacial score (nSPS) is 17.8. The summed E-state index contributed by atoms with van der Waals surface area (Å²) in [5.41, 5.74) is -2.82. The van der Waals surface area contributed by atoms with E-state index in [1.54, 1.807) is 41.5 Å². The zero-order valence-electron chi connectivity index (χ0n) is 41.0. The van der Waals surface area contributed by atoms with Gasteiger partial charge in [-0.3, -0.25) is 38.1 Å². The smallest absolute Gasteiger partial charge is 0.410 e. The van der Waals surface area contributed by atoms with E-state index in [1.807, 2.05) is 13.8 Å². The van der Waals surface area contributed by atoms with Gasteiger partial charge in [0.15, 0.2) is 11.4 Å². The van der Waals surface area contributed by atoms with Gasteiger partial charge in [0, 0.05) is 27.2 Å². The van der Waals surface area contributed by atoms with Gasteiger partial charge in [0.25, 0.3) is 22.9 Å². The number of carbonyl (C=O) groups excluding carboxylic acids is 4. The average Bonchev–Trinajstić information content (AvgIpc) is 3.61. The molecular weight excluding hydrogens is 919 g/mol. The number of aromatic nitrogens is 4. The number of aromatic hydroxyl groups is 2. The molecule has 0 aliphatic carbocycles. The predicted molar refractivity (Wildman–Crippen MR) is 249 cm³/mol. The predicted octanol–water partition coefficient (Wildman–Crippen LogP) is 5.81. The molecule has 2 aliphatic rings. The van der Waals surface area contributed by atoms with Crippen LogP contribution in [0, 0.1) is 11.6 Å². The molecule has 20 nitrogen and oxygen atoms in total. The molecule has 4 aromatic rings. The van der Waals surface area contributed by atoms with Gasteiger partial charge in [0.2, 0.25) is 11.5 Å². The number of halogens is 2. The summed E-state index contributed by atoms with van der Waals surface area (Å²) in [5, 5.41) is 26.4. The molecule has 0 spiro atoms. The van der Waals surface area contributed by atoms with E-state index in [-0.39, 0.29) is 51.2 Å².